The van der Waals surface area contributed by atoms with Gasteiger partial charge in [0.15, 0.2) is 0 Å². The minimum Gasteiger partial charge on any atom is -0.338 e. The number of hydrogen-bond acceptors (Lipinski definition) is 1. The highest BCUT2D eigenvalue weighted by Gasteiger charge is 2.11. The van der Waals surface area contributed by atoms with E-state index in [1.165, 1.54) is 21.8 Å². The first-order valence-electron chi connectivity index (χ1n) is 5.61. The predicted octanol–water partition coefficient (Wildman–Crippen LogP) is 3.77. The van der Waals surface area contributed by atoms with Crippen molar-refractivity contribution in [1.29, 1.82) is 0 Å². The number of aromatic nitrogens is 2. The number of benzene rings is 1. The van der Waals surface area contributed by atoms with Gasteiger partial charge in [-0.3, -0.25) is 4.98 Å². The van der Waals surface area contributed by atoms with Gasteiger partial charge < -0.3 is 4.57 Å². The van der Waals surface area contributed by atoms with Crippen molar-refractivity contribution < 1.29 is 0 Å². The first-order valence-corrected chi connectivity index (χ1v) is 5.61. The summed E-state index contributed by atoms with van der Waals surface area (Å²) >= 11 is 0. The lowest BCUT2D eigenvalue weighted by atomic mass is 10.2. The topological polar surface area (TPSA) is 17.8 Å². The highest BCUT2D eigenvalue weighted by atomic mass is 15.0. The van der Waals surface area contributed by atoms with Crippen molar-refractivity contribution in [3.8, 4) is 0 Å². The van der Waals surface area contributed by atoms with E-state index < -0.39 is 0 Å². The van der Waals surface area contributed by atoms with Crippen LogP contribution in [-0.4, -0.2) is 9.55 Å². The molecule has 0 N–H and O–H groups in total. The molecular formula is C14H14N2. The summed E-state index contributed by atoms with van der Waals surface area (Å²) in [5.74, 6) is 0. The van der Waals surface area contributed by atoms with E-state index in [0.717, 1.165) is 0 Å². The average molecular weight is 210 g/mol. The zero-order valence-electron chi connectivity index (χ0n) is 9.51. The molecule has 0 aliphatic heterocycles. The van der Waals surface area contributed by atoms with Crippen LogP contribution < -0.4 is 0 Å². The van der Waals surface area contributed by atoms with E-state index in [0.29, 0.717) is 6.04 Å². The Morgan fingerprint density at radius 2 is 1.75 bits per heavy atom. The highest BCUT2D eigenvalue weighted by Crippen LogP contribution is 2.30. The van der Waals surface area contributed by atoms with Crippen LogP contribution in [0.2, 0.25) is 0 Å². The normalized spacial score (nSPS) is 11.7. The molecule has 0 fully saturated rings. The van der Waals surface area contributed by atoms with Crippen molar-refractivity contribution in [2.75, 3.05) is 0 Å². The average Bonchev–Trinajstić information content (AvgIpc) is 2.63. The van der Waals surface area contributed by atoms with E-state index in [-0.39, 0.29) is 0 Å². The summed E-state index contributed by atoms with van der Waals surface area (Å²) in [6.45, 7) is 4.43. The third kappa shape index (κ3) is 1.16. The molecular weight excluding hydrogens is 196 g/mol. The van der Waals surface area contributed by atoms with Gasteiger partial charge in [0.1, 0.15) is 0 Å². The van der Waals surface area contributed by atoms with Crippen molar-refractivity contribution in [3.05, 3.63) is 42.7 Å². The van der Waals surface area contributed by atoms with Crippen LogP contribution in [0.4, 0.5) is 0 Å². The summed E-state index contributed by atoms with van der Waals surface area (Å²) < 4.78 is 2.37. The molecule has 2 heterocycles. The van der Waals surface area contributed by atoms with E-state index in [4.69, 9.17) is 0 Å². The molecule has 0 aliphatic rings. The van der Waals surface area contributed by atoms with Gasteiger partial charge in [-0.25, -0.2) is 0 Å². The minimum atomic E-state index is 0.463. The molecule has 0 bridgehead atoms. The summed E-state index contributed by atoms with van der Waals surface area (Å²) in [7, 11) is 0. The van der Waals surface area contributed by atoms with Gasteiger partial charge in [-0.2, -0.15) is 0 Å². The predicted molar refractivity (Wildman–Crippen MR) is 67.6 cm³/mol. The Morgan fingerprint density at radius 3 is 2.56 bits per heavy atom. The van der Waals surface area contributed by atoms with Gasteiger partial charge in [0, 0.05) is 34.7 Å². The second-order valence-electron chi connectivity index (χ2n) is 4.37. The second-order valence-corrected chi connectivity index (χ2v) is 4.37. The lowest BCUT2D eigenvalue weighted by Gasteiger charge is -2.10. The van der Waals surface area contributed by atoms with E-state index in [1.54, 1.807) is 0 Å². The largest absolute Gasteiger partial charge is 0.338 e. The van der Waals surface area contributed by atoms with Crippen LogP contribution >= 0.6 is 0 Å². The molecule has 16 heavy (non-hydrogen) atoms. The Kier molecular flexibility index (Phi) is 1.96. The third-order valence-corrected chi connectivity index (χ3v) is 3.03. The van der Waals surface area contributed by atoms with Crippen molar-refractivity contribution in [3.63, 3.8) is 0 Å². The molecule has 0 atom stereocenters. The lowest BCUT2D eigenvalue weighted by Crippen LogP contribution is -1.99. The van der Waals surface area contributed by atoms with E-state index >= 15 is 0 Å². The molecule has 3 aromatic rings. The maximum atomic E-state index is 4.22. The number of pyridine rings is 1. The number of nitrogens with zero attached hydrogens (tertiary/aromatic N) is 2. The zero-order valence-corrected chi connectivity index (χ0v) is 9.51. The van der Waals surface area contributed by atoms with Gasteiger partial charge in [-0.15, -0.1) is 0 Å². The van der Waals surface area contributed by atoms with Crippen molar-refractivity contribution >= 4 is 21.8 Å². The van der Waals surface area contributed by atoms with Gasteiger partial charge in [0.25, 0.3) is 0 Å². The molecule has 0 amide bonds. The van der Waals surface area contributed by atoms with Crippen LogP contribution in [0, 0.1) is 0 Å². The summed E-state index contributed by atoms with van der Waals surface area (Å²) in [5.41, 5.74) is 2.56. The Hall–Kier alpha value is -1.83. The molecule has 0 spiro atoms. The monoisotopic (exact) mass is 210 g/mol. The van der Waals surface area contributed by atoms with Crippen LogP contribution in [0.3, 0.4) is 0 Å². The Morgan fingerprint density at radius 1 is 1.00 bits per heavy atom. The quantitative estimate of drug-likeness (QED) is 0.597. The molecule has 2 heteroatoms. The standard InChI is InChI=1S/C14H14N2/c1-10(2)16-13-6-4-3-5-11(13)12-9-15-8-7-14(12)16/h3-10H,1-2H3. The number of para-hydroxylation sites is 1. The maximum absolute atomic E-state index is 4.22. The van der Waals surface area contributed by atoms with E-state index in [1.807, 2.05) is 12.4 Å². The summed E-state index contributed by atoms with van der Waals surface area (Å²) in [4.78, 5) is 4.22. The van der Waals surface area contributed by atoms with Gasteiger partial charge >= 0.3 is 0 Å². The van der Waals surface area contributed by atoms with Crippen LogP contribution in [-0.2, 0) is 0 Å². The van der Waals surface area contributed by atoms with Gasteiger partial charge in [0.05, 0.1) is 5.52 Å². The summed E-state index contributed by atoms with van der Waals surface area (Å²) in [6, 6.07) is 11.1. The van der Waals surface area contributed by atoms with Crippen LogP contribution in [0.25, 0.3) is 21.8 Å². The molecule has 80 valence electrons. The molecule has 3 rings (SSSR count). The SMILES string of the molecule is CC(C)n1c2ccccc2c2cnccc21. The molecule has 0 saturated heterocycles. The summed E-state index contributed by atoms with van der Waals surface area (Å²) in [6.07, 6.45) is 3.82. The smallest absolute Gasteiger partial charge is 0.0524 e. The molecule has 0 radical (unpaired) electrons. The number of fused-ring (bicyclic) bond motifs is 3. The molecule has 0 aliphatic carbocycles. The van der Waals surface area contributed by atoms with Gasteiger partial charge in [-0.05, 0) is 26.0 Å². The fourth-order valence-corrected chi connectivity index (χ4v) is 2.40. The molecule has 0 unspecified atom stereocenters. The highest BCUT2D eigenvalue weighted by molar-refractivity contribution is 6.07. The molecule has 2 aromatic heterocycles. The Bertz CT molecular complexity index is 597. The van der Waals surface area contributed by atoms with Crippen LogP contribution in [0.15, 0.2) is 42.7 Å². The van der Waals surface area contributed by atoms with Crippen molar-refractivity contribution in [2.24, 2.45) is 0 Å². The van der Waals surface area contributed by atoms with Gasteiger partial charge in [-0.1, -0.05) is 18.2 Å². The Balaban J connectivity index is 2.59. The maximum Gasteiger partial charge on any atom is 0.0524 e. The fraction of sp³-hybridized carbons (Fsp3) is 0.214. The first-order chi connectivity index (χ1) is 7.79. The lowest BCUT2D eigenvalue weighted by molar-refractivity contribution is 0.642. The fourth-order valence-electron chi connectivity index (χ4n) is 2.40. The number of hydrogen-bond donors (Lipinski definition) is 0. The molecule has 1 aromatic carbocycles. The third-order valence-electron chi connectivity index (χ3n) is 3.03. The van der Waals surface area contributed by atoms with Gasteiger partial charge in [0.2, 0.25) is 0 Å². The van der Waals surface area contributed by atoms with Crippen molar-refractivity contribution in [2.45, 2.75) is 19.9 Å². The Labute approximate surface area is 94.5 Å². The van der Waals surface area contributed by atoms with Crippen LogP contribution in [0.5, 0.6) is 0 Å². The molecule has 2 nitrogen and oxygen atoms in total. The van der Waals surface area contributed by atoms with Crippen LogP contribution in [0.1, 0.15) is 19.9 Å². The minimum absolute atomic E-state index is 0.463. The van der Waals surface area contributed by atoms with E-state index in [2.05, 4.69) is 53.7 Å². The second kappa shape index (κ2) is 3.34. The van der Waals surface area contributed by atoms with Crippen molar-refractivity contribution in [1.82, 2.24) is 9.55 Å². The zero-order chi connectivity index (χ0) is 11.1. The first kappa shape index (κ1) is 9.40. The molecule has 0 saturated carbocycles. The summed E-state index contributed by atoms with van der Waals surface area (Å²) in [5, 5.41) is 2.53. The number of rotatable bonds is 1. The van der Waals surface area contributed by atoms with E-state index in [9.17, 15) is 0 Å².